The molecular formula is C27H26N6O2. The highest BCUT2D eigenvalue weighted by Gasteiger charge is 2.35. The number of aryl methyl sites for hydroxylation is 1. The lowest BCUT2D eigenvalue weighted by atomic mass is 9.97. The van der Waals surface area contributed by atoms with Gasteiger partial charge in [-0.25, -0.2) is 0 Å². The summed E-state index contributed by atoms with van der Waals surface area (Å²) in [5, 5.41) is 20.5. The van der Waals surface area contributed by atoms with Crippen molar-refractivity contribution in [3.05, 3.63) is 76.2 Å². The van der Waals surface area contributed by atoms with Gasteiger partial charge in [0.2, 0.25) is 5.89 Å². The minimum Gasteiger partial charge on any atom is -0.408 e. The van der Waals surface area contributed by atoms with E-state index in [9.17, 15) is 10.1 Å². The fourth-order valence-corrected chi connectivity index (χ4v) is 4.62. The Hall–Kier alpha value is -4.14. The smallest absolute Gasteiger partial charge is 0.318 e. The number of aromatic nitrogens is 2. The molecular weight excluding hydrogens is 440 g/mol. The number of nitrogens with one attached hydrogen (secondary N) is 1. The molecule has 1 amide bonds. The lowest BCUT2D eigenvalue weighted by molar-refractivity contribution is 0.0937. The van der Waals surface area contributed by atoms with Crippen LogP contribution >= 0.6 is 0 Å². The summed E-state index contributed by atoms with van der Waals surface area (Å²) in [7, 11) is 0. The van der Waals surface area contributed by atoms with Crippen molar-refractivity contribution in [2.75, 3.05) is 24.5 Å². The predicted molar refractivity (Wildman–Crippen MR) is 130 cm³/mol. The summed E-state index contributed by atoms with van der Waals surface area (Å²) in [5.74, 6) is 6.51. The van der Waals surface area contributed by atoms with Crippen LogP contribution in [0.4, 0.5) is 6.01 Å². The van der Waals surface area contributed by atoms with Crippen LogP contribution in [-0.2, 0) is 6.54 Å². The van der Waals surface area contributed by atoms with Crippen molar-refractivity contribution in [2.45, 2.75) is 38.9 Å². The molecule has 1 fully saturated rings. The van der Waals surface area contributed by atoms with Crippen LogP contribution in [-0.4, -0.2) is 46.2 Å². The first kappa shape index (κ1) is 22.6. The molecule has 0 bridgehead atoms. The average Bonchev–Trinajstić information content (AvgIpc) is 3.21. The Bertz CT molecular complexity index is 1370. The van der Waals surface area contributed by atoms with E-state index < -0.39 is 6.04 Å². The minimum atomic E-state index is -0.437. The SMILES string of the molecule is Cc1nnc(N2CCN(Cc3ccc(C4C#Cc5c(C#N)cccc5C(=O)N4)cc3)C(C)(C)C2)o1. The summed E-state index contributed by atoms with van der Waals surface area (Å²) in [4.78, 5) is 17.4. The zero-order valence-corrected chi connectivity index (χ0v) is 20.0. The molecule has 1 unspecified atom stereocenters. The van der Waals surface area contributed by atoms with Gasteiger partial charge in [0.15, 0.2) is 0 Å². The van der Waals surface area contributed by atoms with Crippen LogP contribution in [0.5, 0.6) is 0 Å². The van der Waals surface area contributed by atoms with Gasteiger partial charge in [-0.3, -0.25) is 9.69 Å². The van der Waals surface area contributed by atoms with E-state index in [4.69, 9.17) is 4.42 Å². The number of hydrogen-bond donors (Lipinski definition) is 1. The monoisotopic (exact) mass is 466 g/mol. The second kappa shape index (κ2) is 8.90. The number of hydrogen-bond acceptors (Lipinski definition) is 7. The fraction of sp³-hybridized carbons (Fsp3) is 0.333. The van der Waals surface area contributed by atoms with Crippen molar-refractivity contribution in [1.29, 1.82) is 5.26 Å². The molecule has 2 aliphatic heterocycles. The first-order valence-corrected chi connectivity index (χ1v) is 11.6. The molecule has 35 heavy (non-hydrogen) atoms. The summed E-state index contributed by atoms with van der Waals surface area (Å²) in [6.45, 7) is 9.54. The molecule has 1 atom stereocenters. The Kier molecular flexibility index (Phi) is 5.76. The van der Waals surface area contributed by atoms with Crippen LogP contribution in [0.15, 0.2) is 46.9 Å². The van der Waals surface area contributed by atoms with Crippen LogP contribution in [0, 0.1) is 30.1 Å². The molecule has 1 N–H and O–H groups in total. The molecule has 2 aliphatic rings. The Morgan fingerprint density at radius 2 is 2.00 bits per heavy atom. The van der Waals surface area contributed by atoms with Crippen molar-refractivity contribution >= 4 is 11.9 Å². The second-order valence-corrected chi connectivity index (χ2v) is 9.52. The van der Waals surface area contributed by atoms with Gasteiger partial charge in [-0.2, -0.15) is 5.26 Å². The molecule has 0 saturated carbocycles. The highest BCUT2D eigenvalue weighted by molar-refractivity contribution is 5.98. The Labute approximate surface area is 204 Å². The van der Waals surface area contributed by atoms with Gasteiger partial charge >= 0.3 is 6.01 Å². The molecule has 176 valence electrons. The molecule has 3 aromatic rings. The molecule has 3 heterocycles. The summed E-state index contributed by atoms with van der Waals surface area (Å²) in [6, 6.07) is 15.6. The number of rotatable bonds is 4. The topological polar surface area (TPSA) is 98.3 Å². The summed E-state index contributed by atoms with van der Waals surface area (Å²) < 4.78 is 5.62. The van der Waals surface area contributed by atoms with Crippen LogP contribution in [0.2, 0.25) is 0 Å². The van der Waals surface area contributed by atoms with Crippen molar-refractivity contribution in [3.8, 4) is 17.9 Å². The Morgan fingerprint density at radius 1 is 1.20 bits per heavy atom. The zero-order valence-electron chi connectivity index (χ0n) is 20.0. The normalized spacial score (nSPS) is 19.1. The maximum absolute atomic E-state index is 12.8. The average molecular weight is 467 g/mol. The van der Waals surface area contributed by atoms with Crippen molar-refractivity contribution in [2.24, 2.45) is 0 Å². The van der Waals surface area contributed by atoms with Crippen molar-refractivity contribution in [1.82, 2.24) is 20.4 Å². The number of carbonyl (C=O) groups is 1. The maximum Gasteiger partial charge on any atom is 0.318 e. The third-order valence-corrected chi connectivity index (χ3v) is 6.59. The van der Waals surface area contributed by atoms with Crippen LogP contribution < -0.4 is 10.2 Å². The number of piperazine rings is 1. The Balaban J connectivity index is 1.28. The highest BCUT2D eigenvalue weighted by Crippen LogP contribution is 2.27. The van der Waals surface area contributed by atoms with Gasteiger partial charge in [-0.05, 0) is 37.1 Å². The molecule has 0 aliphatic carbocycles. The van der Waals surface area contributed by atoms with Crippen molar-refractivity contribution < 1.29 is 9.21 Å². The van der Waals surface area contributed by atoms with E-state index in [0.29, 0.717) is 28.6 Å². The minimum absolute atomic E-state index is 0.0791. The lowest BCUT2D eigenvalue weighted by Crippen LogP contribution is -2.59. The predicted octanol–water partition coefficient (Wildman–Crippen LogP) is 3.19. The molecule has 2 aromatic carbocycles. The first-order chi connectivity index (χ1) is 16.8. The molecule has 0 spiro atoms. The van der Waals surface area contributed by atoms with Gasteiger partial charge in [-0.15, -0.1) is 5.10 Å². The van der Waals surface area contributed by atoms with Crippen LogP contribution in [0.1, 0.15) is 58.4 Å². The van der Waals surface area contributed by atoms with E-state index >= 15 is 0 Å². The number of benzene rings is 2. The summed E-state index contributed by atoms with van der Waals surface area (Å²) in [6.07, 6.45) is 0. The third-order valence-electron chi connectivity index (χ3n) is 6.59. The van der Waals surface area contributed by atoms with Gasteiger partial charge in [0.25, 0.3) is 5.91 Å². The number of anilines is 1. The summed E-state index contributed by atoms with van der Waals surface area (Å²) in [5.41, 5.74) is 3.36. The lowest BCUT2D eigenvalue weighted by Gasteiger charge is -2.46. The van der Waals surface area contributed by atoms with E-state index in [-0.39, 0.29) is 11.4 Å². The maximum atomic E-state index is 12.8. The molecule has 8 nitrogen and oxygen atoms in total. The van der Waals surface area contributed by atoms with Gasteiger partial charge in [0.1, 0.15) is 12.1 Å². The van der Waals surface area contributed by atoms with E-state index in [0.717, 1.165) is 31.7 Å². The molecule has 5 rings (SSSR count). The molecule has 0 radical (unpaired) electrons. The van der Waals surface area contributed by atoms with E-state index in [2.05, 4.69) is 69.2 Å². The van der Waals surface area contributed by atoms with Gasteiger partial charge in [-0.1, -0.05) is 47.3 Å². The quantitative estimate of drug-likeness (QED) is 0.590. The number of amides is 1. The largest absolute Gasteiger partial charge is 0.408 e. The fourth-order valence-electron chi connectivity index (χ4n) is 4.62. The third kappa shape index (κ3) is 4.49. The highest BCUT2D eigenvalue weighted by atomic mass is 16.4. The zero-order chi connectivity index (χ0) is 24.6. The van der Waals surface area contributed by atoms with E-state index in [1.807, 2.05) is 12.1 Å². The number of carbonyl (C=O) groups excluding carboxylic acids is 1. The first-order valence-electron chi connectivity index (χ1n) is 11.6. The van der Waals surface area contributed by atoms with E-state index in [1.165, 1.54) is 5.56 Å². The molecule has 8 heteroatoms. The number of fused-ring (bicyclic) bond motifs is 1. The standard InChI is InChI=1S/C27H26N6O2/c1-18-30-31-26(35-18)32-13-14-33(27(2,3)17-32)16-19-7-9-20(10-8-19)24-12-11-22-21(15-28)5-4-6-23(22)25(34)29-24/h4-10,24H,13-14,16-17H2,1-3H3,(H,29,34). The molecule has 1 aromatic heterocycles. The molecule has 1 saturated heterocycles. The summed E-state index contributed by atoms with van der Waals surface area (Å²) >= 11 is 0. The van der Waals surface area contributed by atoms with E-state index in [1.54, 1.807) is 25.1 Å². The van der Waals surface area contributed by atoms with Crippen LogP contribution in [0.3, 0.4) is 0 Å². The van der Waals surface area contributed by atoms with Crippen molar-refractivity contribution in [3.63, 3.8) is 0 Å². The number of nitrogens with zero attached hydrogens (tertiary/aromatic N) is 5. The van der Waals surface area contributed by atoms with Gasteiger partial charge in [0, 0.05) is 38.6 Å². The number of nitriles is 1. The van der Waals surface area contributed by atoms with Gasteiger partial charge in [0.05, 0.1) is 16.7 Å². The van der Waals surface area contributed by atoms with Gasteiger partial charge < -0.3 is 14.6 Å². The second-order valence-electron chi connectivity index (χ2n) is 9.52. The Morgan fingerprint density at radius 3 is 2.69 bits per heavy atom. The van der Waals surface area contributed by atoms with Crippen LogP contribution in [0.25, 0.3) is 0 Å².